The first-order valence-electron chi connectivity index (χ1n) is 17.8. The van der Waals surface area contributed by atoms with Crippen molar-refractivity contribution in [1.29, 1.82) is 0 Å². The first-order chi connectivity index (χ1) is 26.5. The van der Waals surface area contributed by atoms with Crippen LogP contribution in [0.2, 0.25) is 10.0 Å². The van der Waals surface area contributed by atoms with Gasteiger partial charge in [0, 0.05) is 25.1 Å². The minimum absolute atomic E-state index is 0.0608. The van der Waals surface area contributed by atoms with Gasteiger partial charge in [0.2, 0.25) is 0 Å². The van der Waals surface area contributed by atoms with E-state index in [4.69, 9.17) is 48.4 Å². The van der Waals surface area contributed by atoms with E-state index in [1.807, 2.05) is 79.8 Å². The Kier molecular flexibility index (Phi) is 16.0. The van der Waals surface area contributed by atoms with Crippen molar-refractivity contribution in [3.05, 3.63) is 106 Å². The summed E-state index contributed by atoms with van der Waals surface area (Å²) < 4.78 is 17.9. The molecule has 1 heterocycles. The highest BCUT2D eigenvalue weighted by Crippen LogP contribution is 2.35. The highest BCUT2D eigenvalue weighted by molar-refractivity contribution is 7.90. The molecule has 56 heavy (non-hydrogen) atoms. The van der Waals surface area contributed by atoms with Gasteiger partial charge in [0.1, 0.15) is 12.0 Å². The van der Waals surface area contributed by atoms with E-state index in [9.17, 15) is 23.7 Å². The number of likely N-dealkylation sites (N-methyl/N-ethyl adjacent to an activating group) is 1. The predicted octanol–water partition coefficient (Wildman–Crippen LogP) is 6.77. The predicted molar refractivity (Wildman–Crippen MR) is 216 cm³/mol. The molecule has 2 atom stereocenters. The van der Waals surface area contributed by atoms with Gasteiger partial charge < -0.3 is 39.5 Å². The third kappa shape index (κ3) is 11.6. The van der Waals surface area contributed by atoms with Crippen LogP contribution < -0.4 is 4.74 Å². The number of rotatable bonds is 15. The van der Waals surface area contributed by atoms with Crippen LogP contribution in [0.4, 0.5) is 0 Å². The number of aliphatic carboxylic acids is 3. The van der Waals surface area contributed by atoms with Crippen molar-refractivity contribution in [2.75, 3.05) is 46.6 Å². The van der Waals surface area contributed by atoms with Gasteiger partial charge in [-0.1, -0.05) is 77.8 Å². The van der Waals surface area contributed by atoms with Crippen molar-refractivity contribution in [1.82, 2.24) is 9.80 Å². The number of carbonyl (C=O) groups is 4. The minimum Gasteiger partial charge on any atom is -0.612 e. The van der Waals surface area contributed by atoms with E-state index in [0.29, 0.717) is 33.8 Å². The maximum Gasteiger partial charge on any atom is 0.336 e. The van der Waals surface area contributed by atoms with E-state index in [2.05, 4.69) is 11.0 Å². The summed E-state index contributed by atoms with van der Waals surface area (Å²) in [5.74, 6) is -4.05. The first-order valence-corrected chi connectivity index (χ1v) is 20.2. The summed E-state index contributed by atoms with van der Waals surface area (Å²) in [5, 5.41) is 36.7. The number of hydrogen-bond acceptors (Lipinski definition) is 8. The molecule has 1 fully saturated rings. The summed E-state index contributed by atoms with van der Waals surface area (Å²) in [6, 6.07) is 25.7. The zero-order chi connectivity index (χ0) is 41.2. The van der Waals surface area contributed by atoms with Crippen molar-refractivity contribution >= 4 is 69.0 Å². The Balaban J connectivity index is 0.000000460. The quantitative estimate of drug-likeness (QED) is 0.0927. The van der Waals surface area contributed by atoms with Gasteiger partial charge in [0.25, 0.3) is 5.91 Å². The van der Waals surface area contributed by atoms with E-state index in [0.717, 1.165) is 60.1 Å². The third-order valence-electron chi connectivity index (χ3n) is 9.92. The lowest BCUT2D eigenvalue weighted by Gasteiger charge is -2.34. The van der Waals surface area contributed by atoms with Crippen LogP contribution in [0.1, 0.15) is 65.4 Å². The van der Waals surface area contributed by atoms with Crippen molar-refractivity contribution in [2.24, 2.45) is 0 Å². The lowest BCUT2D eigenvalue weighted by atomic mass is 9.88. The van der Waals surface area contributed by atoms with Crippen molar-refractivity contribution < 1.29 is 48.9 Å². The molecule has 0 saturated carbocycles. The summed E-state index contributed by atoms with van der Waals surface area (Å²) in [5.41, 5.74) is 0.123. The topological polar surface area (TPSA) is 188 Å². The average molecular weight is 830 g/mol. The summed E-state index contributed by atoms with van der Waals surface area (Å²) in [4.78, 5) is 49.7. The number of carboxylic acid groups (broad SMARTS) is 3. The van der Waals surface area contributed by atoms with Gasteiger partial charge in [-0.05, 0) is 96.6 Å². The summed E-state index contributed by atoms with van der Waals surface area (Å²) in [6.45, 7) is 3.38. The third-order valence-corrected chi connectivity index (χ3v) is 11.6. The molecule has 5 rings (SSSR count). The fraction of sp³-hybridized carbons (Fsp3) is 0.366. The minimum atomic E-state index is -2.74. The first kappa shape index (κ1) is 44.3. The van der Waals surface area contributed by atoms with Crippen molar-refractivity contribution in [2.45, 2.75) is 54.4 Å². The standard InChI is InChI=1S/C35H38Cl2N2O3S.C6H8O7/c1-38(35(40)34-29-10-5-4-8-24(29)13-15-32(34)42-2)23-27(26-12-14-30(36)31(37)22-26)18-21-39-19-16-25(17-20-39)28-9-6-7-11-33(28)43(3)41;7-3(8)1-6(13,5(11)12)2-4(9)10/h4-15,22,25,27H,16-21,23H2,1-3H3;13H,1-2H2,(H,7,8)(H,9,10)(H,11,12)/t27-,43?;/m1./s1. The fourth-order valence-corrected chi connectivity index (χ4v) is 8.12. The number of carboxylic acids is 3. The molecule has 1 amide bonds. The maximum absolute atomic E-state index is 13.9. The summed E-state index contributed by atoms with van der Waals surface area (Å²) in [6.07, 6.45) is 2.40. The highest BCUT2D eigenvalue weighted by atomic mass is 35.5. The van der Waals surface area contributed by atoms with Gasteiger partial charge in [-0.25, -0.2) is 4.79 Å². The van der Waals surface area contributed by atoms with Crippen LogP contribution >= 0.6 is 23.2 Å². The van der Waals surface area contributed by atoms with Crippen LogP contribution in [-0.4, -0.2) is 111 Å². The molecule has 1 unspecified atom stereocenters. The smallest absolute Gasteiger partial charge is 0.336 e. The van der Waals surface area contributed by atoms with Crippen LogP contribution in [0.3, 0.4) is 0 Å². The Labute approximate surface area is 338 Å². The summed E-state index contributed by atoms with van der Waals surface area (Å²) >= 11 is 11.7. The molecule has 0 bridgehead atoms. The molecule has 12 nitrogen and oxygen atoms in total. The van der Waals surface area contributed by atoms with Crippen LogP contribution in [0.5, 0.6) is 5.75 Å². The molecule has 4 aromatic carbocycles. The number of nitrogens with zero attached hydrogens (tertiary/aromatic N) is 2. The number of benzene rings is 4. The second kappa shape index (κ2) is 20.2. The average Bonchev–Trinajstić information content (AvgIpc) is 3.16. The van der Waals surface area contributed by atoms with Gasteiger partial charge in [-0.15, -0.1) is 0 Å². The molecule has 0 radical (unpaired) electrons. The van der Waals surface area contributed by atoms with Gasteiger partial charge in [-0.3, -0.25) is 14.4 Å². The number of amides is 1. The van der Waals surface area contributed by atoms with E-state index >= 15 is 0 Å². The number of likely N-dealkylation sites (tertiary alicyclic amines) is 1. The second-order valence-corrected chi connectivity index (χ2v) is 16.0. The number of piperidine rings is 1. The van der Waals surface area contributed by atoms with E-state index < -0.39 is 47.5 Å². The number of methoxy groups -OCH3 is 1. The van der Waals surface area contributed by atoms with Gasteiger partial charge in [0.05, 0.1) is 35.6 Å². The van der Waals surface area contributed by atoms with Crippen molar-refractivity contribution in [3.63, 3.8) is 0 Å². The molecule has 1 saturated heterocycles. The molecule has 300 valence electrons. The molecule has 4 N–H and O–H groups in total. The van der Waals surface area contributed by atoms with Gasteiger partial charge in [0.15, 0.2) is 10.5 Å². The van der Waals surface area contributed by atoms with E-state index in [-0.39, 0.29) is 11.8 Å². The molecule has 0 aromatic heterocycles. The highest BCUT2D eigenvalue weighted by Gasteiger charge is 2.40. The monoisotopic (exact) mass is 828 g/mol. The van der Waals surface area contributed by atoms with Gasteiger partial charge >= 0.3 is 17.9 Å². The van der Waals surface area contributed by atoms with Crippen LogP contribution in [0.15, 0.2) is 83.8 Å². The number of ether oxygens (including phenoxy) is 1. The zero-order valence-corrected chi connectivity index (χ0v) is 33.6. The van der Waals surface area contributed by atoms with E-state index in [1.165, 1.54) is 5.56 Å². The Morgan fingerprint density at radius 2 is 1.55 bits per heavy atom. The Bertz CT molecular complexity index is 2010. The Morgan fingerprint density at radius 1 is 0.929 bits per heavy atom. The fourth-order valence-electron chi connectivity index (χ4n) is 6.98. The zero-order valence-electron chi connectivity index (χ0n) is 31.3. The summed E-state index contributed by atoms with van der Waals surface area (Å²) in [7, 11) is 3.46. The molecule has 4 aromatic rings. The van der Waals surface area contributed by atoms with Gasteiger partial charge in [-0.2, -0.15) is 0 Å². The molecule has 1 aliphatic rings. The molecule has 1 aliphatic heterocycles. The Hall–Kier alpha value is -4.37. The lowest BCUT2D eigenvalue weighted by Crippen LogP contribution is -2.42. The number of carbonyl (C=O) groups excluding carboxylic acids is 1. The number of aliphatic hydroxyl groups is 1. The number of hydrogen-bond donors (Lipinski definition) is 4. The SMILES string of the molecule is COc1ccc2ccccc2c1C(=O)N(C)C[C@@H](CCN1CCC(c2ccccc2[S+](C)[O-])CC1)c1ccc(Cl)c(Cl)c1.O=C(O)CC(O)(CC(=O)O)C(=O)O. The largest absolute Gasteiger partial charge is 0.612 e. The maximum atomic E-state index is 13.9. The lowest BCUT2D eigenvalue weighted by molar-refractivity contribution is -0.170. The number of halogens is 2. The molecule has 0 aliphatic carbocycles. The van der Waals surface area contributed by atoms with E-state index in [1.54, 1.807) is 18.3 Å². The van der Waals surface area contributed by atoms with Crippen LogP contribution in [0.25, 0.3) is 10.8 Å². The molecule has 0 spiro atoms. The Morgan fingerprint density at radius 3 is 2.14 bits per heavy atom. The molecule has 15 heteroatoms. The van der Waals surface area contributed by atoms with Crippen LogP contribution in [0, 0.1) is 0 Å². The molecular weight excluding hydrogens is 783 g/mol. The van der Waals surface area contributed by atoms with Crippen LogP contribution in [-0.2, 0) is 25.6 Å². The molecular formula is C41H46Cl2N2O10S. The number of fused-ring (bicyclic) bond motifs is 1. The normalized spacial score (nSPS) is 14.6. The second-order valence-electron chi connectivity index (χ2n) is 13.8. The van der Waals surface area contributed by atoms with Crippen molar-refractivity contribution in [3.8, 4) is 5.75 Å².